The summed E-state index contributed by atoms with van der Waals surface area (Å²) in [5.74, 6) is 0.576. The van der Waals surface area contributed by atoms with Crippen LogP contribution in [0.1, 0.15) is 25.0 Å². The summed E-state index contributed by atoms with van der Waals surface area (Å²) < 4.78 is 13.6. The van der Waals surface area contributed by atoms with Crippen molar-refractivity contribution in [1.82, 2.24) is 19.8 Å². The highest BCUT2D eigenvalue weighted by Crippen LogP contribution is 2.44. The number of rotatable bonds is 7. The van der Waals surface area contributed by atoms with Gasteiger partial charge in [-0.15, -0.1) is 0 Å². The number of carbonyl (C=O) groups is 2. The van der Waals surface area contributed by atoms with Crippen molar-refractivity contribution in [3.63, 3.8) is 0 Å². The Balaban J connectivity index is 1.58. The zero-order valence-electron chi connectivity index (χ0n) is 19.7. The van der Waals surface area contributed by atoms with Crippen LogP contribution < -0.4 is 14.8 Å². The predicted molar refractivity (Wildman–Crippen MR) is 134 cm³/mol. The van der Waals surface area contributed by atoms with E-state index in [-0.39, 0.29) is 12.7 Å². The van der Waals surface area contributed by atoms with Crippen LogP contribution in [0.2, 0.25) is 0 Å². The quantitative estimate of drug-likeness (QED) is 0.402. The number of H-pyrrole nitrogens is 1. The summed E-state index contributed by atoms with van der Waals surface area (Å²) in [6, 6.07) is 11.6. The second kappa shape index (κ2) is 8.32. The first-order valence-corrected chi connectivity index (χ1v) is 11.9. The Morgan fingerprint density at radius 3 is 2.51 bits per heavy atom. The molecule has 0 saturated carbocycles. The lowest BCUT2D eigenvalue weighted by Gasteiger charge is -2.18. The van der Waals surface area contributed by atoms with Gasteiger partial charge in [0.1, 0.15) is 0 Å². The number of imide groups is 1. The number of likely N-dealkylation sites (N-methyl/N-ethyl adjacent to an activating group) is 1. The molecule has 2 N–H and O–H groups in total. The maximum atomic E-state index is 13.2. The number of aromatic nitrogens is 2. The SMILES string of the molecule is CCN(CC)CCn1cc(C2=C(c3c[nH]c4ccccc34)C(=O)NC2=O)c2ccc3c(c21)OCO3. The molecular weight excluding hydrogens is 444 g/mol. The summed E-state index contributed by atoms with van der Waals surface area (Å²) in [5.41, 5.74) is 3.97. The molecule has 2 amide bonds. The van der Waals surface area contributed by atoms with E-state index in [0.717, 1.165) is 41.4 Å². The smallest absolute Gasteiger partial charge is 0.259 e. The standard InChI is InChI=1S/C27H26N4O4/c1-3-30(4-2)11-12-31-14-19(17-9-10-21-25(24(17)31)35-15-34-21)23-22(26(32)29-27(23)33)18-13-28-20-8-6-5-7-16(18)20/h5-10,13-14,28H,3-4,11-12,15H2,1-2H3,(H,29,32,33). The molecule has 4 heterocycles. The molecule has 6 rings (SSSR count). The van der Waals surface area contributed by atoms with Crippen molar-refractivity contribution in [2.45, 2.75) is 20.4 Å². The summed E-state index contributed by atoms with van der Waals surface area (Å²) >= 11 is 0. The molecule has 0 radical (unpaired) electrons. The number of para-hydroxylation sites is 1. The topological polar surface area (TPSA) is 88.6 Å². The van der Waals surface area contributed by atoms with Gasteiger partial charge in [0, 0.05) is 52.9 Å². The van der Waals surface area contributed by atoms with Crippen LogP contribution >= 0.6 is 0 Å². The molecule has 2 aromatic carbocycles. The van der Waals surface area contributed by atoms with Gasteiger partial charge in [0.05, 0.1) is 16.7 Å². The van der Waals surface area contributed by atoms with Crippen LogP contribution in [0, 0.1) is 0 Å². The van der Waals surface area contributed by atoms with Gasteiger partial charge in [0.15, 0.2) is 11.5 Å². The van der Waals surface area contributed by atoms with Crippen molar-refractivity contribution in [1.29, 1.82) is 0 Å². The molecule has 0 atom stereocenters. The van der Waals surface area contributed by atoms with E-state index in [1.807, 2.05) is 42.6 Å². The summed E-state index contributed by atoms with van der Waals surface area (Å²) in [4.78, 5) is 31.8. The van der Waals surface area contributed by atoms with Gasteiger partial charge in [-0.3, -0.25) is 14.9 Å². The van der Waals surface area contributed by atoms with Gasteiger partial charge in [-0.05, 0) is 31.3 Å². The Kier molecular flexibility index (Phi) is 5.11. The fourth-order valence-corrected chi connectivity index (χ4v) is 5.16. The Labute approximate surface area is 202 Å². The second-order valence-electron chi connectivity index (χ2n) is 8.74. The largest absolute Gasteiger partial charge is 0.454 e. The second-order valence-corrected chi connectivity index (χ2v) is 8.74. The molecule has 2 aliphatic heterocycles. The van der Waals surface area contributed by atoms with Crippen molar-refractivity contribution >= 4 is 44.8 Å². The zero-order chi connectivity index (χ0) is 24.1. The molecule has 4 aromatic rings. The minimum Gasteiger partial charge on any atom is -0.454 e. The third kappa shape index (κ3) is 3.32. The van der Waals surface area contributed by atoms with Gasteiger partial charge in [0.2, 0.25) is 6.79 Å². The molecule has 0 aliphatic carbocycles. The summed E-state index contributed by atoms with van der Waals surface area (Å²) in [7, 11) is 0. The van der Waals surface area contributed by atoms with E-state index >= 15 is 0 Å². The first kappa shape index (κ1) is 21.5. The van der Waals surface area contributed by atoms with Crippen LogP contribution in [0.3, 0.4) is 0 Å². The summed E-state index contributed by atoms with van der Waals surface area (Å²) in [6.07, 6.45) is 3.77. The third-order valence-corrected chi connectivity index (χ3v) is 6.99. The normalized spacial score (nSPS) is 15.3. The lowest BCUT2D eigenvalue weighted by molar-refractivity contribution is -0.122. The van der Waals surface area contributed by atoms with Crippen LogP contribution in [-0.2, 0) is 16.1 Å². The number of nitrogens with zero attached hydrogens (tertiary/aromatic N) is 2. The maximum Gasteiger partial charge on any atom is 0.259 e. The number of fused-ring (bicyclic) bond motifs is 4. The fourth-order valence-electron chi connectivity index (χ4n) is 5.16. The summed E-state index contributed by atoms with van der Waals surface area (Å²) in [6.45, 7) is 7.91. The number of benzene rings is 2. The molecule has 178 valence electrons. The Morgan fingerprint density at radius 2 is 1.71 bits per heavy atom. The number of hydrogen-bond donors (Lipinski definition) is 2. The minimum absolute atomic E-state index is 0.160. The van der Waals surface area contributed by atoms with E-state index in [9.17, 15) is 9.59 Å². The zero-order valence-corrected chi connectivity index (χ0v) is 19.7. The van der Waals surface area contributed by atoms with E-state index in [4.69, 9.17) is 9.47 Å². The summed E-state index contributed by atoms with van der Waals surface area (Å²) in [5, 5.41) is 4.27. The lowest BCUT2D eigenvalue weighted by atomic mass is 9.95. The van der Waals surface area contributed by atoms with E-state index < -0.39 is 5.91 Å². The molecule has 8 nitrogen and oxygen atoms in total. The van der Waals surface area contributed by atoms with Crippen molar-refractivity contribution in [3.8, 4) is 11.5 Å². The molecule has 0 unspecified atom stereocenters. The molecule has 35 heavy (non-hydrogen) atoms. The van der Waals surface area contributed by atoms with Gasteiger partial charge >= 0.3 is 0 Å². The van der Waals surface area contributed by atoms with E-state index in [2.05, 4.69) is 33.6 Å². The molecule has 8 heteroatoms. The van der Waals surface area contributed by atoms with Gasteiger partial charge in [-0.2, -0.15) is 0 Å². The molecule has 0 saturated heterocycles. The van der Waals surface area contributed by atoms with E-state index in [1.54, 1.807) is 6.20 Å². The maximum absolute atomic E-state index is 13.2. The Bertz CT molecular complexity index is 1520. The van der Waals surface area contributed by atoms with Crippen molar-refractivity contribution < 1.29 is 19.1 Å². The van der Waals surface area contributed by atoms with Crippen LogP contribution in [0.25, 0.3) is 33.0 Å². The Morgan fingerprint density at radius 1 is 0.943 bits per heavy atom. The van der Waals surface area contributed by atoms with Crippen molar-refractivity contribution in [2.24, 2.45) is 0 Å². The average molecular weight is 471 g/mol. The highest BCUT2D eigenvalue weighted by atomic mass is 16.7. The first-order valence-electron chi connectivity index (χ1n) is 11.9. The number of carbonyl (C=O) groups excluding carboxylic acids is 2. The van der Waals surface area contributed by atoms with Gasteiger partial charge in [0.25, 0.3) is 11.8 Å². The van der Waals surface area contributed by atoms with Crippen molar-refractivity contribution in [2.75, 3.05) is 26.4 Å². The molecule has 0 spiro atoms. The highest BCUT2D eigenvalue weighted by molar-refractivity contribution is 6.50. The predicted octanol–water partition coefficient (Wildman–Crippen LogP) is 3.76. The average Bonchev–Trinajstić information content (AvgIpc) is 3.63. The molecule has 0 fully saturated rings. The van der Waals surface area contributed by atoms with Gasteiger partial charge in [-0.1, -0.05) is 32.0 Å². The monoisotopic (exact) mass is 470 g/mol. The fraction of sp³-hybridized carbons (Fsp3) is 0.259. The Hall–Kier alpha value is -4.04. The van der Waals surface area contributed by atoms with Crippen LogP contribution in [0.5, 0.6) is 11.5 Å². The van der Waals surface area contributed by atoms with E-state index in [1.165, 1.54) is 0 Å². The number of hydrogen-bond acceptors (Lipinski definition) is 5. The minimum atomic E-state index is -0.393. The molecule has 2 aromatic heterocycles. The van der Waals surface area contributed by atoms with Crippen LogP contribution in [0.15, 0.2) is 48.8 Å². The highest BCUT2D eigenvalue weighted by Gasteiger charge is 2.36. The number of aromatic amines is 1. The van der Waals surface area contributed by atoms with Gasteiger partial charge in [-0.25, -0.2) is 0 Å². The lowest BCUT2D eigenvalue weighted by Crippen LogP contribution is -2.26. The van der Waals surface area contributed by atoms with E-state index in [0.29, 0.717) is 40.3 Å². The van der Waals surface area contributed by atoms with Gasteiger partial charge < -0.3 is 23.9 Å². The first-order chi connectivity index (χ1) is 17.1. The number of ether oxygens (including phenoxy) is 2. The molecule has 2 aliphatic rings. The number of nitrogens with one attached hydrogen (secondary N) is 2. The van der Waals surface area contributed by atoms with Crippen molar-refractivity contribution in [3.05, 3.63) is 59.9 Å². The van der Waals surface area contributed by atoms with Crippen LogP contribution in [-0.4, -0.2) is 52.7 Å². The third-order valence-electron chi connectivity index (χ3n) is 6.99. The molecule has 0 bridgehead atoms. The number of amides is 2. The molecular formula is C27H26N4O4. The van der Waals surface area contributed by atoms with Crippen LogP contribution in [0.4, 0.5) is 0 Å².